The van der Waals surface area contributed by atoms with Gasteiger partial charge in [0.25, 0.3) is 0 Å². The molecule has 0 fully saturated rings. The van der Waals surface area contributed by atoms with Gasteiger partial charge < -0.3 is 0 Å². The predicted molar refractivity (Wildman–Crippen MR) is 7.81 cm³/mol. The van der Waals surface area contributed by atoms with E-state index in [9.17, 15) is 0 Å². The molecule has 0 saturated carbocycles. The molecule has 0 bridgehead atoms. The molecule has 7 heteroatoms. The summed E-state index contributed by atoms with van der Waals surface area (Å²) in [6.45, 7) is 0. The van der Waals surface area contributed by atoms with Crippen molar-refractivity contribution in [3.63, 3.8) is 0 Å². The van der Waals surface area contributed by atoms with E-state index in [4.69, 9.17) is 18.6 Å². The molecule has 0 saturated heterocycles. The van der Waals surface area contributed by atoms with Crippen molar-refractivity contribution in [3.8, 4) is 0 Å². The molecular weight excluding hydrogens is 388 g/mol. The minimum Gasteiger partial charge on any atom is 2.00 e. The third-order valence-corrected chi connectivity index (χ3v) is 0. The Labute approximate surface area is 59.8 Å². The molecule has 7 heavy (non-hydrogen) atoms. The van der Waals surface area contributed by atoms with E-state index in [2.05, 4.69) is 0 Å². The topological polar surface area (TPSA) is 97.3 Å². The minimum atomic E-state index is -7.72. The molecule has 0 aromatic rings. The first kappa shape index (κ1) is 10.8. The van der Waals surface area contributed by atoms with Crippen LogP contribution >= 0.6 is 0 Å². The Balaban J connectivity index is 0. The summed E-state index contributed by atoms with van der Waals surface area (Å²) in [6, 6.07) is 0. The van der Waals surface area contributed by atoms with Crippen molar-refractivity contribution < 1.29 is 32.8 Å². The third-order valence-electron chi connectivity index (χ3n) is 0. The summed E-state index contributed by atoms with van der Waals surface area (Å²) < 4.78 is 43.2. The zero-order valence-electron chi connectivity index (χ0n) is 2.89. The molecule has 0 aromatic heterocycles. The van der Waals surface area contributed by atoms with Gasteiger partial charge in [-0.05, 0) is 0 Å². The van der Waals surface area contributed by atoms with E-state index in [1.165, 1.54) is 0 Å². The van der Waals surface area contributed by atoms with E-state index in [1.807, 2.05) is 0 Å². The summed E-state index contributed by atoms with van der Waals surface area (Å²) in [5.41, 5.74) is 0. The molecule has 5 nitrogen and oxygen atoms in total. The van der Waals surface area contributed by atoms with Crippen molar-refractivity contribution in [2.45, 2.75) is 0 Å². The quantitative estimate of drug-likeness (QED) is 0.409. The first-order chi connectivity index (χ1) is 2.24. The second kappa shape index (κ2) is 2.00. The summed E-state index contributed by atoms with van der Waals surface area (Å²) in [6.07, 6.45) is 0. The van der Waals surface area contributed by atoms with E-state index in [0.717, 1.165) is 0 Å². The molecule has 0 N–H and O–H groups in total. The van der Waals surface area contributed by atoms with Crippen LogP contribution in [0.3, 0.4) is 0 Å². The van der Waals surface area contributed by atoms with E-state index in [0.29, 0.717) is 0 Å². The number of rotatable bonds is 0. The largest absolute Gasteiger partial charge is 2.00 e. The van der Waals surface area contributed by atoms with Gasteiger partial charge in [0, 0.05) is 0 Å². The summed E-state index contributed by atoms with van der Waals surface area (Å²) in [5, 5.41) is 0. The van der Waals surface area contributed by atoms with Crippen LogP contribution in [0.1, 0.15) is 0 Å². The van der Waals surface area contributed by atoms with Gasteiger partial charge in [0.2, 0.25) is 0 Å². The van der Waals surface area contributed by atoms with Crippen LogP contribution in [0.2, 0.25) is 0 Å². The number of hydrogen-bond donors (Lipinski definition) is 0. The molecule has 0 unspecified atom stereocenters. The molecule has 0 rings (SSSR count). The fourth-order valence-corrected chi connectivity index (χ4v) is 0. The van der Waals surface area contributed by atoms with Gasteiger partial charge in [-0.15, -0.1) is 0 Å². The van der Waals surface area contributed by atoms with Gasteiger partial charge in [0.1, 0.15) is 0 Å². The van der Waals surface area contributed by atoms with E-state index >= 15 is 0 Å². The Bertz CT molecular complexity index is 186. The maximum atomic E-state index is 8.64. The molecule has 42 valence electrons. The molecule has 0 aromatic carbocycles. The zero-order chi connectivity index (χ0) is 5.45. The van der Waals surface area contributed by atoms with Crippen molar-refractivity contribution in [3.05, 3.63) is 0 Å². The number of hydrogen-bond acceptors (Lipinski definition) is 5. The Morgan fingerprint density at radius 3 is 1.00 bits per heavy atom. The molecule has 0 spiro atoms. The van der Waals surface area contributed by atoms with Crippen LogP contribution in [-0.2, 0) is 24.9 Å². The summed E-state index contributed by atoms with van der Waals surface area (Å²) in [5.74, 6) is 0. The molecule has 0 amide bonds. The van der Waals surface area contributed by atoms with Gasteiger partial charge in [-0.3, -0.25) is 0 Å². The van der Waals surface area contributed by atoms with E-state index < -0.39 is 14.2 Å². The maximum absolute atomic E-state index is 8.64. The van der Waals surface area contributed by atoms with Gasteiger partial charge in [-0.25, -0.2) is 0 Å². The van der Waals surface area contributed by atoms with Crippen molar-refractivity contribution in [2.24, 2.45) is 0 Å². The van der Waals surface area contributed by atoms with E-state index in [1.54, 1.807) is 0 Å². The summed E-state index contributed by atoms with van der Waals surface area (Å²) in [7, 11) is 0. The average Bonchev–Trinajstić information content (AvgIpc) is 0.650. The van der Waals surface area contributed by atoms with Crippen LogP contribution in [0.25, 0.3) is 0 Å². The minimum absolute atomic E-state index is 0. The normalized spacial score (nSPS) is 16.0. The van der Waals surface area contributed by atoms with Gasteiger partial charge in [0.15, 0.2) is 0 Å². The second-order valence-electron chi connectivity index (χ2n) is 0.589. The van der Waals surface area contributed by atoms with Gasteiger partial charge in [-0.2, -0.15) is 0 Å². The van der Waals surface area contributed by atoms with Gasteiger partial charge >= 0.3 is 60.1 Å². The Hall–Kier alpha value is 0.865. The fourth-order valence-electron chi connectivity index (χ4n) is 0. The molecule has 0 aliphatic heterocycles. The Morgan fingerprint density at radius 2 is 1.00 bits per heavy atom. The van der Waals surface area contributed by atoms with Crippen molar-refractivity contribution in [1.82, 2.24) is 0 Å². The fraction of sp³-hybridized carbons (Fsp3) is 0. The van der Waals surface area contributed by atoms with Gasteiger partial charge in [0.05, 0.1) is 0 Å². The summed E-state index contributed by atoms with van der Waals surface area (Å²) >= 11 is -7.72. The molecule has 0 atom stereocenters. The van der Waals surface area contributed by atoms with Crippen LogP contribution in [0.4, 0.5) is 0 Å². The molecule has 0 aliphatic rings. The SMILES string of the molecule is [O]=[Ru](=[O])(=[O])([O-])[O-].[Pb+2]. The molecule has 0 aliphatic carbocycles. The summed E-state index contributed by atoms with van der Waals surface area (Å²) in [4.78, 5) is 0. The monoisotopic (exact) mass is 390 g/mol. The average molecular weight is 388 g/mol. The predicted octanol–water partition coefficient (Wildman–Crippen LogP) is -3.12. The van der Waals surface area contributed by atoms with Crippen LogP contribution in [0, 0.1) is 0 Å². The van der Waals surface area contributed by atoms with Crippen molar-refractivity contribution >= 4 is 27.3 Å². The molecular formula is O5PbRu. The van der Waals surface area contributed by atoms with Crippen LogP contribution in [0.5, 0.6) is 0 Å². The molecule has 2 radical (unpaired) electrons. The van der Waals surface area contributed by atoms with Crippen molar-refractivity contribution in [2.75, 3.05) is 0 Å². The van der Waals surface area contributed by atoms with Gasteiger partial charge in [-0.1, -0.05) is 0 Å². The van der Waals surface area contributed by atoms with Crippen LogP contribution in [0.15, 0.2) is 0 Å². The Kier molecular flexibility index (Phi) is 3.08. The molecule has 0 heterocycles. The van der Waals surface area contributed by atoms with Crippen molar-refractivity contribution in [1.29, 1.82) is 0 Å². The Morgan fingerprint density at radius 1 is 1.00 bits per heavy atom. The first-order valence-electron chi connectivity index (χ1n) is 0.722. The second-order valence-corrected chi connectivity index (χ2v) is 3.49. The smallest absolute Gasteiger partial charge is 2.00 e. The van der Waals surface area contributed by atoms with Crippen LogP contribution < -0.4 is 7.87 Å². The first-order valence-corrected chi connectivity index (χ1v) is 4.27. The maximum Gasteiger partial charge on any atom is 2.00 e. The van der Waals surface area contributed by atoms with E-state index in [-0.39, 0.29) is 27.3 Å². The zero-order valence-corrected chi connectivity index (χ0v) is 8.52. The van der Waals surface area contributed by atoms with Crippen LogP contribution in [-0.4, -0.2) is 27.3 Å². The standard InChI is InChI=1S/5O.Pb.Ru/q;;;2*-1;+2;. The third kappa shape index (κ3) is 217.